The van der Waals surface area contributed by atoms with E-state index >= 15 is 0 Å². The summed E-state index contributed by atoms with van der Waals surface area (Å²) in [5.74, 6) is 0.0744. The molecular formula is C16H14ClIN2O2S. The first kappa shape index (κ1) is 18.2. The van der Waals surface area contributed by atoms with Gasteiger partial charge in [-0.05, 0) is 29.5 Å². The summed E-state index contributed by atoms with van der Waals surface area (Å²) in [6.07, 6.45) is 2.00. The van der Waals surface area contributed by atoms with E-state index in [0.717, 1.165) is 21.7 Å². The molecule has 1 atom stereocenters. The standard InChI is InChI=1S/C16H13ClN2O2S.HI/c1-22-16-13-7-4-11(17)8-14(13)15(9-18-16)10-2-5-12(6-3-10)19(20)21;/h2-8,15H,9H2,1H3;1H. The highest BCUT2D eigenvalue weighted by Gasteiger charge is 2.24. The average molecular weight is 461 g/mol. The number of benzene rings is 2. The molecule has 0 bridgehead atoms. The third kappa shape index (κ3) is 3.70. The second-order valence-electron chi connectivity index (χ2n) is 4.98. The molecule has 0 saturated heterocycles. The molecule has 4 nitrogen and oxygen atoms in total. The van der Waals surface area contributed by atoms with Crippen molar-refractivity contribution >= 4 is 58.1 Å². The van der Waals surface area contributed by atoms with Crippen molar-refractivity contribution in [2.45, 2.75) is 5.92 Å². The van der Waals surface area contributed by atoms with Crippen LogP contribution in [-0.4, -0.2) is 22.8 Å². The molecule has 0 spiro atoms. The molecule has 2 aromatic rings. The van der Waals surface area contributed by atoms with Gasteiger partial charge >= 0.3 is 0 Å². The smallest absolute Gasteiger partial charge is 0.269 e. The van der Waals surface area contributed by atoms with E-state index < -0.39 is 0 Å². The first-order chi connectivity index (χ1) is 10.6. The summed E-state index contributed by atoms with van der Waals surface area (Å²) in [4.78, 5) is 15.0. The highest BCUT2D eigenvalue weighted by molar-refractivity contribution is 14.0. The Balaban J connectivity index is 0.00000192. The number of halogens is 2. The molecule has 1 aliphatic rings. The van der Waals surface area contributed by atoms with Gasteiger partial charge in [0.25, 0.3) is 5.69 Å². The van der Waals surface area contributed by atoms with Crippen LogP contribution in [0.4, 0.5) is 5.69 Å². The second kappa shape index (κ2) is 7.63. The zero-order valence-electron chi connectivity index (χ0n) is 12.2. The van der Waals surface area contributed by atoms with Gasteiger partial charge in [0.2, 0.25) is 0 Å². The SMILES string of the molecule is CSC1=NCC(c2ccc([N+](=O)[O-])cc2)c2cc(Cl)ccc21.I. The molecule has 1 aliphatic heterocycles. The molecule has 2 aromatic carbocycles. The van der Waals surface area contributed by atoms with Crippen LogP contribution in [0.5, 0.6) is 0 Å². The van der Waals surface area contributed by atoms with Crippen LogP contribution in [0, 0.1) is 10.1 Å². The van der Waals surface area contributed by atoms with Gasteiger partial charge in [0.1, 0.15) is 0 Å². The maximum absolute atomic E-state index is 10.8. The Bertz CT molecular complexity index is 765. The van der Waals surface area contributed by atoms with Crippen molar-refractivity contribution in [3.8, 4) is 0 Å². The first-order valence-electron chi connectivity index (χ1n) is 6.72. The first-order valence-corrected chi connectivity index (χ1v) is 8.33. The normalized spacial score (nSPS) is 16.1. The third-order valence-corrected chi connectivity index (χ3v) is 4.71. The molecule has 0 fully saturated rings. The maximum atomic E-state index is 10.8. The predicted molar refractivity (Wildman–Crippen MR) is 107 cm³/mol. The number of nitro benzene ring substituents is 1. The number of nitro groups is 1. The molecule has 1 unspecified atom stereocenters. The van der Waals surface area contributed by atoms with Gasteiger partial charge in [-0.1, -0.05) is 29.8 Å². The largest absolute Gasteiger partial charge is 0.277 e. The Morgan fingerprint density at radius 2 is 1.96 bits per heavy atom. The lowest BCUT2D eigenvalue weighted by Crippen LogP contribution is -2.16. The zero-order valence-corrected chi connectivity index (χ0v) is 16.1. The van der Waals surface area contributed by atoms with Crippen molar-refractivity contribution in [1.82, 2.24) is 0 Å². The van der Waals surface area contributed by atoms with E-state index in [2.05, 4.69) is 4.99 Å². The summed E-state index contributed by atoms with van der Waals surface area (Å²) in [6, 6.07) is 12.5. The quantitative estimate of drug-likeness (QED) is 0.355. The molecule has 3 rings (SSSR count). The van der Waals surface area contributed by atoms with E-state index in [-0.39, 0.29) is 40.5 Å². The highest BCUT2D eigenvalue weighted by Crippen LogP contribution is 2.35. The topological polar surface area (TPSA) is 55.5 Å². The fraction of sp³-hybridized carbons (Fsp3) is 0.188. The number of fused-ring (bicyclic) bond motifs is 1. The van der Waals surface area contributed by atoms with Gasteiger partial charge in [0.15, 0.2) is 0 Å². The number of aliphatic imine (C=N–C) groups is 1. The van der Waals surface area contributed by atoms with Crippen LogP contribution in [0.2, 0.25) is 5.02 Å². The highest BCUT2D eigenvalue weighted by atomic mass is 127. The Morgan fingerprint density at radius 3 is 2.57 bits per heavy atom. The van der Waals surface area contributed by atoms with Gasteiger partial charge in [0, 0.05) is 28.6 Å². The minimum atomic E-state index is -0.389. The van der Waals surface area contributed by atoms with E-state index in [4.69, 9.17) is 11.6 Å². The molecule has 7 heteroatoms. The Labute approximate surface area is 160 Å². The Kier molecular flexibility index (Phi) is 6.05. The van der Waals surface area contributed by atoms with Gasteiger partial charge in [-0.15, -0.1) is 35.7 Å². The lowest BCUT2D eigenvalue weighted by Gasteiger charge is -2.24. The second-order valence-corrected chi connectivity index (χ2v) is 6.21. The molecule has 23 heavy (non-hydrogen) atoms. The Hall–Kier alpha value is -1.12. The minimum absolute atomic E-state index is 0. The molecule has 0 radical (unpaired) electrons. The summed E-state index contributed by atoms with van der Waals surface area (Å²) in [7, 11) is 0. The minimum Gasteiger partial charge on any atom is -0.277 e. The van der Waals surface area contributed by atoms with E-state index in [9.17, 15) is 10.1 Å². The van der Waals surface area contributed by atoms with E-state index in [1.165, 1.54) is 12.1 Å². The van der Waals surface area contributed by atoms with Crippen LogP contribution in [-0.2, 0) is 0 Å². The van der Waals surface area contributed by atoms with Crippen molar-refractivity contribution < 1.29 is 4.92 Å². The van der Waals surface area contributed by atoms with Crippen LogP contribution in [0.1, 0.15) is 22.6 Å². The molecule has 0 saturated carbocycles. The number of hydrogen-bond donors (Lipinski definition) is 0. The van der Waals surface area contributed by atoms with Gasteiger partial charge in [-0.25, -0.2) is 0 Å². The lowest BCUT2D eigenvalue weighted by atomic mass is 9.86. The molecule has 0 N–H and O–H groups in total. The number of non-ortho nitro benzene ring substituents is 1. The van der Waals surface area contributed by atoms with Crippen molar-refractivity contribution in [2.75, 3.05) is 12.8 Å². The van der Waals surface area contributed by atoms with Crippen LogP contribution in [0.15, 0.2) is 47.5 Å². The van der Waals surface area contributed by atoms with Gasteiger partial charge in [-0.2, -0.15) is 0 Å². The summed E-state index contributed by atoms with van der Waals surface area (Å²) in [6.45, 7) is 0.626. The average Bonchev–Trinajstić information content (AvgIpc) is 2.53. The molecular weight excluding hydrogens is 447 g/mol. The maximum Gasteiger partial charge on any atom is 0.269 e. The Morgan fingerprint density at radius 1 is 1.26 bits per heavy atom. The van der Waals surface area contributed by atoms with Crippen LogP contribution < -0.4 is 0 Å². The van der Waals surface area contributed by atoms with E-state index in [1.807, 2.05) is 24.5 Å². The fourth-order valence-corrected chi connectivity index (χ4v) is 3.45. The van der Waals surface area contributed by atoms with Gasteiger partial charge in [0.05, 0.1) is 16.5 Å². The van der Waals surface area contributed by atoms with E-state index in [1.54, 1.807) is 23.9 Å². The summed E-state index contributed by atoms with van der Waals surface area (Å²) in [5, 5.41) is 12.5. The van der Waals surface area contributed by atoms with E-state index in [0.29, 0.717) is 11.6 Å². The van der Waals surface area contributed by atoms with Crippen molar-refractivity contribution in [1.29, 1.82) is 0 Å². The molecule has 120 valence electrons. The zero-order chi connectivity index (χ0) is 15.7. The summed E-state index contributed by atoms with van der Waals surface area (Å²) in [5.41, 5.74) is 3.32. The third-order valence-electron chi connectivity index (χ3n) is 3.74. The molecule has 1 heterocycles. The van der Waals surface area contributed by atoms with Crippen LogP contribution in [0.3, 0.4) is 0 Å². The fourth-order valence-electron chi connectivity index (χ4n) is 2.66. The number of hydrogen-bond acceptors (Lipinski definition) is 4. The lowest BCUT2D eigenvalue weighted by molar-refractivity contribution is -0.384. The monoisotopic (exact) mass is 460 g/mol. The number of rotatable bonds is 2. The number of nitrogens with zero attached hydrogens (tertiary/aromatic N) is 2. The van der Waals surface area contributed by atoms with Crippen LogP contribution in [0.25, 0.3) is 0 Å². The van der Waals surface area contributed by atoms with Crippen molar-refractivity contribution in [3.63, 3.8) is 0 Å². The summed E-state index contributed by atoms with van der Waals surface area (Å²) < 4.78 is 0. The van der Waals surface area contributed by atoms with Gasteiger partial charge < -0.3 is 0 Å². The summed E-state index contributed by atoms with van der Waals surface area (Å²) >= 11 is 7.77. The number of thioether (sulfide) groups is 1. The van der Waals surface area contributed by atoms with Crippen molar-refractivity contribution in [3.05, 3.63) is 74.3 Å². The molecule has 0 amide bonds. The molecule has 0 aliphatic carbocycles. The van der Waals surface area contributed by atoms with Crippen LogP contribution >= 0.6 is 47.3 Å². The van der Waals surface area contributed by atoms with Crippen molar-refractivity contribution in [2.24, 2.45) is 4.99 Å². The van der Waals surface area contributed by atoms with Gasteiger partial charge in [-0.3, -0.25) is 15.1 Å². The molecule has 0 aromatic heterocycles. The predicted octanol–water partition coefficient (Wildman–Crippen LogP) is 5.12.